The summed E-state index contributed by atoms with van der Waals surface area (Å²) < 4.78 is 34.7. The first-order valence-electron chi connectivity index (χ1n) is 9.03. The largest absolute Gasteiger partial charge is 0.373 e. The predicted molar refractivity (Wildman–Crippen MR) is 100 cm³/mol. The number of halogens is 2. The number of ether oxygens (including phenoxy) is 1. The second-order valence-corrected chi connectivity index (χ2v) is 6.90. The number of pyridine rings is 1. The van der Waals surface area contributed by atoms with Crippen LogP contribution in [0.3, 0.4) is 0 Å². The molecule has 2 aromatic rings. The average molecular weight is 392 g/mol. The molecule has 9 heteroatoms. The highest BCUT2D eigenvalue weighted by molar-refractivity contribution is 5.40. The first-order chi connectivity index (χ1) is 13.3. The highest BCUT2D eigenvalue weighted by Crippen LogP contribution is 2.29. The zero-order valence-electron chi connectivity index (χ0n) is 15.6. The molecule has 28 heavy (non-hydrogen) atoms. The molecule has 1 saturated heterocycles. The van der Waals surface area contributed by atoms with Crippen molar-refractivity contribution in [3.8, 4) is 0 Å². The van der Waals surface area contributed by atoms with E-state index >= 15 is 0 Å². The monoisotopic (exact) mass is 392 g/mol. The van der Waals surface area contributed by atoms with Crippen molar-refractivity contribution in [1.82, 2.24) is 9.88 Å². The SMILES string of the molecule is CC1CN(C(CNc2ccc([N+](=O)[O-])cn2)c2c(F)cccc2F)CC(C)O1. The molecular weight excluding hydrogens is 370 g/mol. The van der Waals surface area contributed by atoms with Gasteiger partial charge in [-0.15, -0.1) is 0 Å². The summed E-state index contributed by atoms with van der Waals surface area (Å²) in [6.07, 6.45) is 0.997. The van der Waals surface area contributed by atoms with Gasteiger partial charge in [-0.05, 0) is 32.0 Å². The van der Waals surface area contributed by atoms with Gasteiger partial charge >= 0.3 is 0 Å². The molecule has 1 aliphatic heterocycles. The van der Waals surface area contributed by atoms with Gasteiger partial charge in [0.05, 0.1) is 23.2 Å². The van der Waals surface area contributed by atoms with Gasteiger partial charge in [0, 0.05) is 31.3 Å². The van der Waals surface area contributed by atoms with Gasteiger partial charge in [-0.1, -0.05) is 6.07 Å². The Balaban J connectivity index is 1.85. The summed E-state index contributed by atoms with van der Waals surface area (Å²) in [5, 5.41) is 13.8. The predicted octanol–water partition coefficient (Wildman–Crippen LogP) is 3.53. The number of hydrogen-bond donors (Lipinski definition) is 1. The van der Waals surface area contributed by atoms with E-state index in [1.807, 2.05) is 18.7 Å². The van der Waals surface area contributed by atoms with Crippen LogP contribution in [-0.4, -0.2) is 46.6 Å². The molecule has 0 radical (unpaired) electrons. The number of benzene rings is 1. The fraction of sp³-hybridized carbons (Fsp3) is 0.421. The van der Waals surface area contributed by atoms with Gasteiger partial charge in [-0.25, -0.2) is 13.8 Å². The lowest BCUT2D eigenvalue weighted by Gasteiger charge is -2.40. The van der Waals surface area contributed by atoms with Crippen molar-refractivity contribution < 1.29 is 18.4 Å². The summed E-state index contributed by atoms with van der Waals surface area (Å²) in [7, 11) is 0. The quantitative estimate of drug-likeness (QED) is 0.598. The van der Waals surface area contributed by atoms with Crippen LogP contribution >= 0.6 is 0 Å². The van der Waals surface area contributed by atoms with Gasteiger partial charge < -0.3 is 10.1 Å². The van der Waals surface area contributed by atoms with Gasteiger partial charge in [-0.3, -0.25) is 15.0 Å². The van der Waals surface area contributed by atoms with Crippen LogP contribution in [0, 0.1) is 21.7 Å². The van der Waals surface area contributed by atoms with Gasteiger partial charge in [0.1, 0.15) is 23.6 Å². The van der Waals surface area contributed by atoms with Crippen LogP contribution in [-0.2, 0) is 4.74 Å². The topological polar surface area (TPSA) is 80.5 Å². The van der Waals surface area contributed by atoms with Crippen LogP contribution in [0.1, 0.15) is 25.5 Å². The summed E-state index contributed by atoms with van der Waals surface area (Å²) in [6.45, 7) is 5.07. The van der Waals surface area contributed by atoms with Crippen LogP contribution in [0.15, 0.2) is 36.5 Å². The molecule has 3 atom stereocenters. The van der Waals surface area contributed by atoms with E-state index in [-0.39, 0.29) is 30.0 Å². The molecule has 1 aliphatic rings. The minimum absolute atomic E-state index is 0.0155. The van der Waals surface area contributed by atoms with Crippen LogP contribution < -0.4 is 5.32 Å². The molecule has 0 amide bonds. The van der Waals surface area contributed by atoms with Gasteiger partial charge in [0.2, 0.25) is 0 Å². The van der Waals surface area contributed by atoms with Crippen molar-refractivity contribution in [1.29, 1.82) is 0 Å². The third-order valence-electron chi connectivity index (χ3n) is 4.66. The van der Waals surface area contributed by atoms with Crippen molar-refractivity contribution in [3.63, 3.8) is 0 Å². The summed E-state index contributed by atoms with van der Waals surface area (Å²) in [4.78, 5) is 16.2. The molecule has 3 rings (SSSR count). The van der Waals surface area contributed by atoms with E-state index in [4.69, 9.17) is 4.74 Å². The van der Waals surface area contributed by atoms with Crippen molar-refractivity contribution in [2.24, 2.45) is 0 Å². The zero-order chi connectivity index (χ0) is 20.3. The average Bonchev–Trinajstić information content (AvgIpc) is 2.63. The van der Waals surface area contributed by atoms with E-state index in [9.17, 15) is 18.9 Å². The second-order valence-electron chi connectivity index (χ2n) is 6.90. The third kappa shape index (κ3) is 4.60. The second kappa shape index (κ2) is 8.57. The lowest BCUT2D eigenvalue weighted by molar-refractivity contribution is -0.385. The van der Waals surface area contributed by atoms with E-state index in [1.54, 1.807) is 0 Å². The standard InChI is InChI=1S/C19H22F2N4O3/c1-12-10-24(11-13(2)28-12)17(19-15(20)4-3-5-16(19)21)9-23-18-7-6-14(8-22-18)25(26)27/h3-8,12-13,17H,9-11H2,1-2H3,(H,22,23). The number of morpholine rings is 1. The van der Waals surface area contributed by atoms with Crippen LogP contribution in [0.2, 0.25) is 0 Å². The van der Waals surface area contributed by atoms with Crippen molar-refractivity contribution in [2.45, 2.75) is 32.1 Å². The molecule has 0 saturated carbocycles. The van der Waals surface area contributed by atoms with Crippen molar-refractivity contribution in [2.75, 3.05) is 25.0 Å². The summed E-state index contributed by atoms with van der Waals surface area (Å²) in [5.41, 5.74) is -0.142. The Morgan fingerprint density at radius 3 is 2.43 bits per heavy atom. The maximum absolute atomic E-state index is 14.5. The molecule has 1 aromatic carbocycles. The smallest absolute Gasteiger partial charge is 0.287 e. The Kier molecular flexibility index (Phi) is 6.15. The number of rotatable bonds is 6. The Labute approximate surface area is 161 Å². The summed E-state index contributed by atoms with van der Waals surface area (Å²) >= 11 is 0. The Hall–Kier alpha value is -2.65. The normalized spacial score (nSPS) is 21.3. The highest BCUT2D eigenvalue weighted by Gasteiger charge is 2.32. The van der Waals surface area contributed by atoms with E-state index < -0.39 is 22.6 Å². The molecule has 1 fully saturated rings. The van der Waals surface area contributed by atoms with E-state index in [1.165, 1.54) is 30.3 Å². The van der Waals surface area contributed by atoms with Gasteiger partial charge in [0.25, 0.3) is 5.69 Å². The molecule has 3 unspecified atom stereocenters. The molecule has 2 heterocycles. The molecule has 150 valence electrons. The van der Waals surface area contributed by atoms with Crippen molar-refractivity contribution in [3.05, 3.63) is 63.8 Å². The Bertz CT molecular complexity index is 804. The molecule has 0 aliphatic carbocycles. The zero-order valence-corrected chi connectivity index (χ0v) is 15.6. The van der Waals surface area contributed by atoms with Crippen LogP contribution in [0.4, 0.5) is 20.3 Å². The molecule has 0 spiro atoms. The van der Waals surface area contributed by atoms with Crippen LogP contribution in [0.25, 0.3) is 0 Å². The number of anilines is 1. The summed E-state index contributed by atoms with van der Waals surface area (Å²) in [6, 6.07) is 6.02. The number of hydrogen-bond acceptors (Lipinski definition) is 6. The number of nitrogens with one attached hydrogen (secondary N) is 1. The fourth-order valence-corrected chi connectivity index (χ4v) is 3.51. The number of nitrogens with zero attached hydrogens (tertiary/aromatic N) is 3. The van der Waals surface area contributed by atoms with Gasteiger partial charge in [-0.2, -0.15) is 0 Å². The minimum Gasteiger partial charge on any atom is -0.373 e. The molecule has 1 N–H and O–H groups in total. The van der Waals surface area contributed by atoms with E-state index in [2.05, 4.69) is 10.3 Å². The van der Waals surface area contributed by atoms with E-state index in [0.717, 1.165) is 6.20 Å². The lowest BCUT2D eigenvalue weighted by atomic mass is 10.0. The molecule has 1 aromatic heterocycles. The lowest BCUT2D eigenvalue weighted by Crippen LogP contribution is -2.48. The van der Waals surface area contributed by atoms with E-state index in [0.29, 0.717) is 18.9 Å². The summed E-state index contributed by atoms with van der Waals surface area (Å²) in [5.74, 6) is -0.841. The first kappa shape index (κ1) is 20.1. The highest BCUT2D eigenvalue weighted by atomic mass is 19.1. The Morgan fingerprint density at radius 2 is 1.89 bits per heavy atom. The maximum atomic E-state index is 14.5. The van der Waals surface area contributed by atoms with Crippen molar-refractivity contribution >= 4 is 11.5 Å². The molecule has 0 bridgehead atoms. The molecular formula is C19H22F2N4O3. The first-order valence-corrected chi connectivity index (χ1v) is 9.03. The number of aromatic nitrogens is 1. The minimum atomic E-state index is -0.616. The van der Waals surface area contributed by atoms with Crippen LogP contribution in [0.5, 0.6) is 0 Å². The molecule has 7 nitrogen and oxygen atoms in total. The third-order valence-corrected chi connectivity index (χ3v) is 4.66. The fourth-order valence-electron chi connectivity index (χ4n) is 3.51. The Morgan fingerprint density at radius 1 is 1.25 bits per heavy atom. The number of nitro groups is 1. The van der Waals surface area contributed by atoms with Gasteiger partial charge in [0.15, 0.2) is 0 Å². The maximum Gasteiger partial charge on any atom is 0.287 e.